The van der Waals surface area contributed by atoms with E-state index in [2.05, 4.69) is 14.7 Å². The van der Waals surface area contributed by atoms with E-state index in [0.717, 1.165) is 11.5 Å². The molecule has 1 amide bonds. The van der Waals surface area contributed by atoms with Gasteiger partial charge in [-0.2, -0.15) is 4.37 Å². The highest BCUT2D eigenvalue weighted by molar-refractivity contribution is 7.09. The van der Waals surface area contributed by atoms with E-state index in [1.165, 1.54) is 0 Å². The van der Waals surface area contributed by atoms with E-state index in [1.54, 1.807) is 6.20 Å². The van der Waals surface area contributed by atoms with Crippen molar-refractivity contribution in [3.63, 3.8) is 0 Å². The lowest BCUT2D eigenvalue weighted by Crippen LogP contribution is -2.22. The van der Waals surface area contributed by atoms with E-state index >= 15 is 0 Å². The summed E-state index contributed by atoms with van der Waals surface area (Å²) in [6.45, 7) is 2.42. The van der Waals surface area contributed by atoms with Gasteiger partial charge in [0.15, 0.2) is 0 Å². The molecule has 2 rings (SSSR count). The van der Waals surface area contributed by atoms with Crippen molar-refractivity contribution in [2.24, 2.45) is 0 Å². The van der Waals surface area contributed by atoms with Gasteiger partial charge in [-0.3, -0.25) is 9.78 Å². The van der Waals surface area contributed by atoms with Crippen molar-refractivity contribution in [2.45, 2.75) is 6.92 Å². The van der Waals surface area contributed by atoms with Crippen molar-refractivity contribution < 1.29 is 4.79 Å². The van der Waals surface area contributed by atoms with Gasteiger partial charge in [0.2, 0.25) is 0 Å². The van der Waals surface area contributed by atoms with E-state index in [0.29, 0.717) is 28.5 Å². The molecule has 0 spiro atoms. The number of nitrogens with zero attached hydrogens (tertiary/aromatic N) is 2. The number of anilines is 1. The molecule has 6 heteroatoms. The normalized spacial score (nSPS) is 10.2. The Hall–Kier alpha value is -1.95. The van der Waals surface area contributed by atoms with Crippen LogP contribution in [-0.2, 0) is 0 Å². The molecule has 5 nitrogen and oxygen atoms in total. The van der Waals surface area contributed by atoms with E-state index in [-0.39, 0.29) is 5.91 Å². The van der Waals surface area contributed by atoms with Crippen LogP contribution in [0.4, 0.5) is 5.69 Å². The van der Waals surface area contributed by atoms with E-state index in [1.807, 2.05) is 25.1 Å². The van der Waals surface area contributed by atoms with Crippen molar-refractivity contribution in [2.75, 3.05) is 12.3 Å². The molecule has 0 unspecified atom stereocenters. The number of carbonyl (C=O) groups is 1. The van der Waals surface area contributed by atoms with Crippen LogP contribution in [0.25, 0.3) is 11.4 Å². The molecule has 0 saturated carbocycles. The van der Waals surface area contributed by atoms with E-state index in [4.69, 9.17) is 5.73 Å². The summed E-state index contributed by atoms with van der Waals surface area (Å²) >= 11 is 1.09. The van der Waals surface area contributed by atoms with Gasteiger partial charge >= 0.3 is 0 Å². The summed E-state index contributed by atoms with van der Waals surface area (Å²) < 4.78 is 4.18. The maximum absolute atomic E-state index is 11.7. The number of hydrogen-bond acceptors (Lipinski definition) is 5. The summed E-state index contributed by atoms with van der Waals surface area (Å²) in [6.07, 6.45) is 1.67. The lowest BCUT2D eigenvalue weighted by molar-refractivity contribution is 0.0960. The number of hydrogen-bond donors (Lipinski definition) is 2. The van der Waals surface area contributed by atoms with Crippen LogP contribution in [0.5, 0.6) is 0 Å². The molecule has 2 aromatic rings. The molecule has 2 aromatic heterocycles. The van der Waals surface area contributed by atoms with Gasteiger partial charge in [0.1, 0.15) is 10.6 Å². The molecule has 0 atom stereocenters. The number of nitrogen functional groups attached to an aromatic ring is 1. The monoisotopic (exact) mass is 248 g/mol. The SMILES string of the molecule is CCNC(=O)c1snc(-c2ccccn2)c1N. The lowest BCUT2D eigenvalue weighted by Gasteiger charge is -2.00. The van der Waals surface area contributed by atoms with Gasteiger partial charge in [0.25, 0.3) is 5.91 Å². The quantitative estimate of drug-likeness (QED) is 0.863. The standard InChI is InChI=1S/C11H12N4OS/c1-2-13-11(16)10-8(12)9(15-17-10)7-5-3-4-6-14-7/h3-6H,2,12H2,1H3,(H,13,16). The first-order chi connectivity index (χ1) is 8.24. The molecular weight excluding hydrogens is 236 g/mol. The topological polar surface area (TPSA) is 80.9 Å². The Kier molecular flexibility index (Phi) is 3.34. The Bertz CT molecular complexity index is 524. The number of carbonyl (C=O) groups excluding carboxylic acids is 1. The van der Waals surface area contributed by atoms with Gasteiger partial charge in [-0.1, -0.05) is 6.07 Å². The molecule has 88 valence electrons. The highest BCUT2D eigenvalue weighted by Gasteiger charge is 2.18. The molecule has 0 fully saturated rings. The minimum absolute atomic E-state index is 0.190. The Balaban J connectivity index is 2.37. The zero-order valence-corrected chi connectivity index (χ0v) is 10.1. The highest BCUT2D eigenvalue weighted by Crippen LogP contribution is 2.29. The first-order valence-corrected chi connectivity index (χ1v) is 5.96. The fourth-order valence-corrected chi connectivity index (χ4v) is 2.11. The van der Waals surface area contributed by atoms with Crippen molar-refractivity contribution in [1.82, 2.24) is 14.7 Å². The summed E-state index contributed by atoms with van der Waals surface area (Å²) in [4.78, 5) is 16.3. The maximum Gasteiger partial charge on any atom is 0.265 e. The predicted octanol–water partition coefficient (Wildman–Crippen LogP) is 1.54. The van der Waals surface area contributed by atoms with Crippen molar-refractivity contribution >= 4 is 23.1 Å². The van der Waals surface area contributed by atoms with Crippen LogP contribution in [0.2, 0.25) is 0 Å². The number of nitrogens with two attached hydrogens (primary N) is 1. The molecule has 2 heterocycles. The second-order valence-corrected chi connectivity index (χ2v) is 4.12. The van der Waals surface area contributed by atoms with Gasteiger partial charge in [0, 0.05) is 12.7 Å². The summed E-state index contributed by atoms with van der Waals surface area (Å²) in [5.41, 5.74) is 7.55. The maximum atomic E-state index is 11.7. The lowest BCUT2D eigenvalue weighted by atomic mass is 10.2. The van der Waals surface area contributed by atoms with Crippen LogP contribution in [0, 0.1) is 0 Å². The molecule has 0 aliphatic heterocycles. The third-order valence-corrected chi connectivity index (χ3v) is 3.04. The highest BCUT2D eigenvalue weighted by atomic mass is 32.1. The summed E-state index contributed by atoms with van der Waals surface area (Å²) in [5, 5.41) is 2.70. The average molecular weight is 248 g/mol. The molecule has 0 aromatic carbocycles. The largest absolute Gasteiger partial charge is 0.396 e. The second kappa shape index (κ2) is 4.92. The first kappa shape index (κ1) is 11.5. The van der Waals surface area contributed by atoms with Crippen LogP contribution >= 0.6 is 11.5 Å². The van der Waals surface area contributed by atoms with Crippen LogP contribution in [-0.4, -0.2) is 21.8 Å². The van der Waals surface area contributed by atoms with Gasteiger partial charge in [0.05, 0.1) is 11.4 Å². The number of pyridine rings is 1. The minimum Gasteiger partial charge on any atom is -0.396 e. The van der Waals surface area contributed by atoms with Crippen LogP contribution < -0.4 is 11.1 Å². The molecule has 0 aliphatic rings. The average Bonchev–Trinajstić information content (AvgIpc) is 2.72. The Morgan fingerprint density at radius 3 is 3.00 bits per heavy atom. The Labute approximate surface area is 103 Å². The van der Waals surface area contributed by atoms with Gasteiger partial charge in [-0.25, -0.2) is 0 Å². The number of amides is 1. The fourth-order valence-electron chi connectivity index (χ4n) is 1.39. The van der Waals surface area contributed by atoms with Gasteiger partial charge in [-0.05, 0) is 30.6 Å². The molecule has 0 aliphatic carbocycles. The predicted molar refractivity (Wildman–Crippen MR) is 67.8 cm³/mol. The molecule has 0 saturated heterocycles. The fraction of sp³-hybridized carbons (Fsp3) is 0.182. The van der Waals surface area contributed by atoms with Crippen LogP contribution in [0.3, 0.4) is 0 Å². The van der Waals surface area contributed by atoms with Gasteiger partial charge < -0.3 is 11.1 Å². The Morgan fingerprint density at radius 2 is 2.35 bits per heavy atom. The van der Waals surface area contributed by atoms with Crippen LogP contribution in [0.1, 0.15) is 16.6 Å². The molecular formula is C11H12N4OS. The zero-order chi connectivity index (χ0) is 12.3. The van der Waals surface area contributed by atoms with Crippen molar-refractivity contribution in [3.8, 4) is 11.4 Å². The van der Waals surface area contributed by atoms with Crippen molar-refractivity contribution in [1.29, 1.82) is 0 Å². The smallest absolute Gasteiger partial charge is 0.265 e. The van der Waals surface area contributed by atoms with E-state index < -0.39 is 0 Å². The Morgan fingerprint density at radius 1 is 1.53 bits per heavy atom. The third-order valence-electron chi connectivity index (χ3n) is 2.18. The van der Waals surface area contributed by atoms with E-state index in [9.17, 15) is 4.79 Å². The first-order valence-electron chi connectivity index (χ1n) is 5.18. The molecule has 17 heavy (non-hydrogen) atoms. The number of aromatic nitrogens is 2. The number of rotatable bonds is 3. The number of nitrogens with one attached hydrogen (secondary N) is 1. The summed E-state index contributed by atoms with van der Waals surface area (Å²) in [5.74, 6) is -0.190. The minimum atomic E-state index is -0.190. The molecule has 0 bridgehead atoms. The zero-order valence-electron chi connectivity index (χ0n) is 9.30. The van der Waals surface area contributed by atoms with Crippen LogP contribution in [0.15, 0.2) is 24.4 Å². The van der Waals surface area contributed by atoms with Crippen molar-refractivity contribution in [3.05, 3.63) is 29.3 Å². The molecule has 0 radical (unpaired) electrons. The second-order valence-electron chi connectivity index (χ2n) is 3.35. The third kappa shape index (κ3) is 2.26. The van der Waals surface area contributed by atoms with Gasteiger partial charge in [-0.15, -0.1) is 0 Å². The molecule has 3 N–H and O–H groups in total. The summed E-state index contributed by atoms with van der Waals surface area (Å²) in [7, 11) is 0. The summed E-state index contributed by atoms with van der Waals surface area (Å²) in [6, 6.07) is 5.48.